The van der Waals surface area contributed by atoms with Gasteiger partial charge in [0.15, 0.2) is 0 Å². The van der Waals surface area contributed by atoms with Crippen molar-refractivity contribution in [2.24, 2.45) is 0 Å². The van der Waals surface area contributed by atoms with E-state index in [1.807, 2.05) is 24.3 Å². The van der Waals surface area contributed by atoms with E-state index >= 15 is 0 Å². The molecule has 0 saturated heterocycles. The molecule has 2 aromatic carbocycles. The van der Waals surface area contributed by atoms with Crippen LogP contribution >= 0.6 is 0 Å². The van der Waals surface area contributed by atoms with Crippen molar-refractivity contribution in [2.45, 2.75) is 26.1 Å². The zero-order chi connectivity index (χ0) is 21.7. The van der Waals surface area contributed by atoms with Crippen LogP contribution < -0.4 is 5.32 Å². The monoisotopic (exact) mass is 418 g/mol. The molecule has 3 aromatic rings. The molecule has 0 spiro atoms. The highest BCUT2D eigenvalue weighted by molar-refractivity contribution is 5.93. The smallest absolute Gasteiger partial charge is 0.338 e. The molecule has 158 valence electrons. The van der Waals surface area contributed by atoms with E-state index in [1.165, 1.54) is 23.8 Å². The number of hydrogen-bond acceptors (Lipinski definition) is 5. The number of aromatic nitrogens is 2. The van der Waals surface area contributed by atoms with E-state index in [-0.39, 0.29) is 18.8 Å². The summed E-state index contributed by atoms with van der Waals surface area (Å²) in [6, 6.07) is 12.6. The Morgan fingerprint density at radius 1 is 1.13 bits per heavy atom. The molecule has 1 heterocycles. The Morgan fingerprint density at radius 3 is 2.50 bits per heavy atom. The van der Waals surface area contributed by atoms with Crippen LogP contribution in [0, 0.1) is 0 Å². The molecule has 1 amide bonds. The summed E-state index contributed by atoms with van der Waals surface area (Å²) in [5.74, 6) is 0.157. The van der Waals surface area contributed by atoms with E-state index < -0.39 is 17.6 Å². The van der Waals surface area contributed by atoms with E-state index in [1.54, 1.807) is 11.9 Å². The summed E-state index contributed by atoms with van der Waals surface area (Å²) in [6.45, 7) is 2.10. The molecule has 0 aliphatic carbocycles. The summed E-state index contributed by atoms with van der Waals surface area (Å²) in [4.78, 5) is 18.1. The fourth-order valence-electron chi connectivity index (χ4n) is 2.89. The van der Waals surface area contributed by atoms with Crippen molar-refractivity contribution in [3.63, 3.8) is 0 Å². The maximum absolute atomic E-state index is 13.0. The van der Waals surface area contributed by atoms with Crippen molar-refractivity contribution in [3.05, 3.63) is 65.5 Å². The number of nitrogens with zero attached hydrogens (tertiary/aromatic N) is 3. The third-order valence-electron chi connectivity index (χ3n) is 4.41. The molecular weight excluding hydrogens is 397 g/mol. The van der Waals surface area contributed by atoms with Crippen LogP contribution in [0.4, 0.5) is 18.9 Å². The number of para-hydroxylation sites is 1. The average molecular weight is 418 g/mol. The number of halogens is 3. The Kier molecular flexibility index (Phi) is 6.51. The first-order chi connectivity index (χ1) is 14.3. The van der Waals surface area contributed by atoms with Gasteiger partial charge in [-0.3, -0.25) is 9.69 Å². The molecule has 9 heteroatoms. The van der Waals surface area contributed by atoms with Crippen LogP contribution in [-0.2, 0) is 23.9 Å². The molecule has 6 nitrogen and oxygen atoms in total. The van der Waals surface area contributed by atoms with Crippen molar-refractivity contribution in [3.8, 4) is 11.4 Å². The van der Waals surface area contributed by atoms with Crippen LogP contribution in [0.1, 0.15) is 23.9 Å². The van der Waals surface area contributed by atoms with E-state index in [0.29, 0.717) is 11.7 Å². The molecule has 0 saturated carbocycles. The highest BCUT2D eigenvalue weighted by Gasteiger charge is 2.33. The number of carbonyl (C=O) groups excluding carboxylic acids is 1. The van der Waals surface area contributed by atoms with Crippen molar-refractivity contribution in [1.29, 1.82) is 0 Å². The van der Waals surface area contributed by atoms with Gasteiger partial charge >= 0.3 is 6.18 Å². The third-order valence-corrected chi connectivity index (χ3v) is 4.41. The van der Waals surface area contributed by atoms with Gasteiger partial charge in [0.05, 0.1) is 24.3 Å². The summed E-state index contributed by atoms with van der Waals surface area (Å²) < 4.78 is 44.4. The lowest BCUT2D eigenvalue weighted by Gasteiger charge is -2.16. The summed E-state index contributed by atoms with van der Waals surface area (Å²) in [6.07, 6.45) is -3.62. The SMILES string of the molecule is CCc1ccc(-c2noc(CN(C)CC(=O)Nc3ccccc3C(F)(F)F)n2)cc1. The highest BCUT2D eigenvalue weighted by atomic mass is 19.4. The van der Waals surface area contributed by atoms with Crippen molar-refractivity contribution < 1.29 is 22.5 Å². The molecule has 0 atom stereocenters. The first kappa shape index (κ1) is 21.5. The number of benzene rings is 2. The van der Waals surface area contributed by atoms with Crippen molar-refractivity contribution in [2.75, 3.05) is 18.9 Å². The average Bonchev–Trinajstić information content (AvgIpc) is 3.15. The molecule has 3 rings (SSSR count). The van der Waals surface area contributed by atoms with Gasteiger partial charge in [0.25, 0.3) is 0 Å². The minimum atomic E-state index is -4.55. The van der Waals surface area contributed by atoms with E-state index in [4.69, 9.17) is 4.52 Å². The predicted molar refractivity (Wildman–Crippen MR) is 106 cm³/mol. The normalized spacial score (nSPS) is 11.7. The second kappa shape index (κ2) is 9.08. The fourth-order valence-corrected chi connectivity index (χ4v) is 2.89. The van der Waals surface area contributed by atoms with Crippen molar-refractivity contribution >= 4 is 11.6 Å². The summed E-state index contributed by atoms with van der Waals surface area (Å²) in [5, 5.41) is 6.25. The number of nitrogens with one attached hydrogen (secondary N) is 1. The Labute approximate surface area is 171 Å². The zero-order valence-electron chi connectivity index (χ0n) is 16.5. The minimum Gasteiger partial charge on any atom is -0.338 e. The molecule has 0 fully saturated rings. The number of likely N-dealkylation sites (N-methyl/N-ethyl adjacent to an activating group) is 1. The topological polar surface area (TPSA) is 71.3 Å². The Balaban J connectivity index is 1.59. The number of amides is 1. The zero-order valence-corrected chi connectivity index (χ0v) is 16.5. The standard InChI is InChI=1S/C21H21F3N4O2/c1-3-14-8-10-15(11-9-14)20-26-19(30-27-20)13-28(2)12-18(29)25-17-7-5-4-6-16(17)21(22,23)24/h4-11H,3,12-13H2,1-2H3,(H,25,29). The maximum Gasteiger partial charge on any atom is 0.418 e. The number of aryl methyl sites for hydroxylation is 1. The second-order valence-electron chi connectivity index (χ2n) is 6.83. The number of rotatable bonds is 7. The number of hydrogen-bond donors (Lipinski definition) is 1. The largest absolute Gasteiger partial charge is 0.418 e. The van der Waals surface area contributed by atoms with Gasteiger partial charge in [0, 0.05) is 5.56 Å². The molecule has 0 unspecified atom stereocenters. The predicted octanol–water partition coefficient (Wildman–Crippen LogP) is 4.39. The van der Waals surface area contributed by atoms with Crippen LogP contribution in [0.15, 0.2) is 53.1 Å². The maximum atomic E-state index is 13.0. The minimum absolute atomic E-state index is 0.144. The van der Waals surface area contributed by atoms with Gasteiger partial charge in [0.1, 0.15) is 0 Å². The Morgan fingerprint density at radius 2 is 1.83 bits per heavy atom. The van der Waals surface area contributed by atoms with Gasteiger partial charge < -0.3 is 9.84 Å². The lowest BCUT2D eigenvalue weighted by molar-refractivity contribution is -0.137. The number of anilines is 1. The molecular formula is C21H21F3N4O2. The fraction of sp³-hybridized carbons (Fsp3) is 0.286. The van der Waals surface area contributed by atoms with Crippen molar-refractivity contribution in [1.82, 2.24) is 15.0 Å². The first-order valence-corrected chi connectivity index (χ1v) is 9.32. The number of carbonyl (C=O) groups is 1. The quantitative estimate of drug-likeness (QED) is 0.616. The van der Waals surface area contributed by atoms with Gasteiger partial charge in [-0.2, -0.15) is 18.2 Å². The lowest BCUT2D eigenvalue weighted by Crippen LogP contribution is -2.30. The molecule has 0 aliphatic heterocycles. The Bertz CT molecular complexity index is 1000. The van der Waals surface area contributed by atoms with Gasteiger partial charge in [-0.15, -0.1) is 0 Å². The van der Waals surface area contributed by atoms with Crippen LogP contribution in [0.3, 0.4) is 0 Å². The van der Waals surface area contributed by atoms with E-state index in [0.717, 1.165) is 18.1 Å². The summed E-state index contributed by atoms with van der Waals surface area (Å²) >= 11 is 0. The third kappa shape index (κ3) is 5.44. The van der Waals surface area contributed by atoms with Gasteiger partial charge in [-0.05, 0) is 31.2 Å². The van der Waals surface area contributed by atoms with E-state index in [9.17, 15) is 18.0 Å². The lowest BCUT2D eigenvalue weighted by atomic mass is 10.1. The highest BCUT2D eigenvalue weighted by Crippen LogP contribution is 2.34. The molecule has 0 radical (unpaired) electrons. The van der Waals surface area contributed by atoms with Gasteiger partial charge in [0.2, 0.25) is 17.6 Å². The molecule has 1 aromatic heterocycles. The second-order valence-corrected chi connectivity index (χ2v) is 6.83. The molecule has 1 N–H and O–H groups in total. The Hall–Kier alpha value is -3.20. The molecule has 30 heavy (non-hydrogen) atoms. The van der Waals surface area contributed by atoms with Crippen LogP contribution in [-0.4, -0.2) is 34.5 Å². The van der Waals surface area contributed by atoms with Crippen LogP contribution in [0.5, 0.6) is 0 Å². The summed E-state index contributed by atoms with van der Waals surface area (Å²) in [5.41, 5.74) is 0.835. The van der Waals surface area contributed by atoms with Crippen LogP contribution in [0.25, 0.3) is 11.4 Å². The van der Waals surface area contributed by atoms with Gasteiger partial charge in [-0.25, -0.2) is 0 Å². The van der Waals surface area contributed by atoms with E-state index in [2.05, 4.69) is 22.4 Å². The summed E-state index contributed by atoms with van der Waals surface area (Å²) in [7, 11) is 1.63. The number of alkyl halides is 3. The first-order valence-electron chi connectivity index (χ1n) is 9.32. The van der Waals surface area contributed by atoms with Gasteiger partial charge in [-0.1, -0.05) is 48.5 Å². The molecule has 0 bridgehead atoms. The molecule has 0 aliphatic rings. The van der Waals surface area contributed by atoms with Crippen LogP contribution in [0.2, 0.25) is 0 Å².